The Hall–Kier alpha value is -2.71. The number of likely N-dealkylation sites (N-methyl/N-ethyl adjacent to an activating group) is 1. The van der Waals surface area contributed by atoms with Crippen LogP contribution in [0.5, 0.6) is 5.75 Å². The molecule has 0 aliphatic rings. The summed E-state index contributed by atoms with van der Waals surface area (Å²) in [7, 11) is 5.24. The summed E-state index contributed by atoms with van der Waals surface area (Å²) < 4.78 is 6.90. The van der Waals surface area contributed by atoms with Crippen molar-refractivity contribution >= 4 is 17.2 Å². The van der Waals surface area contributed by atoms with Gasteiger partial charge in [-0.2, -0.15) is 5.10 Å². The van der Waals surface area contributed by atoms with E-state index in [1.807, 2.05) is 51.4 Å². The molecule has 0 aliphatic carbocycles. The van der Waals surface area contributed by atoms with Crippen molar-refractivity contribution in [1.29, 1.82) is 0 Å². The van der Waals surface area contributed by atoms with Crippen molar-refractivity contribution in [2.24, 2.45) is 7.05 Å². The average molecular weight is 400 g/mol. The van der Waals surface area contributed by atoms with Gasteiger partial charge < -0.3 is 15.4 Å². The zero-order valence-electron chi connectivity index (χ0n) is 16.7. The predicted octanol–water partition coefficient (Wildman–Crippen LogP) is 3.00. The molecule has 148 valence electrons. The molecule has 3 rings (SSSR count). The summed E-state index contributed by atoms with van der Waals surface area (Å²) >= 11 is 1.59. The molecule has 7 nitrogen and oxygen atoms in total. The topological polar surface area (TPSA) is 81.1 Å². The van der Waals surface area contributed by atoms with Gasteiger partial charge in [0.1, 0.15) is 16.8 Å². The lowest BCUT2D eigenvalue weighted by molar-refractivity contribution is -0.123. The minimum Gasteiger partial charge on any atom is -0.497 e. The summed E-state index contributed by atoms with van der Waals surface area (Å²) in [6.07, 6.45) is 3.54. The second-order valence-corrected chi connectivity index (χ2v) is 7.63. The van der Waals surface area contributed by atoms with E-state index in [-0.39, 0.29) is 11.9 Å². The van der Waals surface area contributed by atoms with E-state index in [2.05, 4.69) is 20.7 Å². The fourth-order valence-corrected chi connectivity index (χ4v) is 4.14. The van der Waals surface area contributed by atoms with Gasteiger partial charge in [-0.05, 0) is 45.2 Å². The van der Waals surface area contributed by atoms with Gasteiger partial charge in [0.05, 0.1) is 29.9 Å². The van der Waals surface area contributed by atoms with Crippen molar-refractivity contribution in [3.05, 3.63) is 52.8 Å². The Kier molecular flexibility index (Phi) is 6.11. The standard InChI is InChI=1S/C20H25N5O2S/c1-12(23-19(26)17(21-3)15-10-22-25(4)11-15)18-13(2)24-20(28-18)14-6-8-16(27-5)9-7-14/h6-12,17,21H,1-5H3,(H,23,26). The normalized spacial score (nSPS) is 13.2. The van der Waals surface area contributed by atoms with Crippen LogP contribution in [0, 0.1) is 6.92 Å². The number of amides is 1. The summed E-state index contributed by atoms with van der Waals surface area (Å²) in [4.78, 5) is 18.5. The molecular formula is C20H25N5O2S. The van der Waals surface area contributed by atoms with Gasteiger partial charge in [-0.3, -0.25) is 9.48 Å². The number of carbonyl (C=O) groups is 1. The number of ether oxygens (including phenoxy) is 1. The van der Waals surface area contributed by atoms with Crippen LogP contribution in [0.1, 0.15) is 35.1 Å². The average Bonchev–Trinajstić information content (AvgIpc) is 3.28. The van der Waals surface area contributed by atoms with Crippen molar-refractivity contribution in [2.45, 2.75) is 25.9 Å². The Bertz CT molecular complexity index is 948. The number of aryl methyl sites for hydroxylation is 2. The first kappa shape index (κ1) is 20.0. The molecule has 0 radical (unpaired) electrons. The summed E-state index contributed by atoms with van der Waals surface area (Å²) in [5.41, 5.74) is 2.78. The van der Waals surface area contributed by atoms with Crippen LogP contribution in [0.25, 0.3) is 10.6 Å². The molecule has 0 spiro atoms. The zero-order valence-corrected chi connectivity index (χ0v) is 17.5. The van der Waals surface area contributed by atoms with Gasteiger partial charge >= 0.3 is 0 Å². The molecule has 0 bridgehead atoms. The van der Waals surface area contributed by atoms with Crippen molar-refractivity contribution in [3.8, 4) is 16.3 Å². The number of nitrogens with one attached hydrogen (secondary N) is 2. The Morgan fingerprint density at radius 1 is 1.29 bits per heavy atom. The van der Waals surface area contributed by atoms with Gasteiger partial charge in [0, 0.05) is 24.4 Å². The van der Waals surface area contributed by atoms with E-state index in [9.17, 15) is 4.79 Å². The third-order valence-corrected chi connectivity index (χ3v) is 5.92. The Balaban J connectivity index is 1.75. The highest BCUT2D eigenvalue weighted by molar-refractivity contribution is 7.15. The van der Waals surface area contributed by atoms with Crippen LogP contribution in [-0.2, 0) is 11.8 Å². The zero-order chi connectivity index (χ0) is 20.3. The van der Waals surface area contributed by atoms with Gasteiger partial charge in [-0.15, -0.1) is 11.3 Å². The number of nitrogens with zero attached hydrogens (tertiary/aromatic N) is 3. The molecule has 2 aromatic heterocycles. The molecule has 1 amide bonds. The molecule has 0 saturated carbocycles. The van der Waals surface area contributed by atoms with E-state index < -0.39 is 6.04 Å². The fraction of sp³-hybridized carbons (Fsp3) is 0.350. The lowest BCUT2D eigenvalue weighted by Gasteiger charge is -2.18. The van der Waals surface area contributed by atoms with Crippen LogP contribution in [0.15, 0.2) is 36.7 Å². The summed E-state index contributed by atoms with van der Waals surface area (Å²) in [6, 6.07) is 7.22. The lowest BCUT2D eigenvalue weighted by atomic mass is 10.1. The van der Waals surface area contributed by atoms with Crippen LogP contribution in [0.4, 0.5) is 0 Å². The van der Waals surface area contributed by atoms with Crippen molar-refractivity contribution in [1.82, 2.24) is 25.4 Å². The summed E-state index contributed by atoms with van der Waals surface area (Å²) in [5, 5.41) is 11.2. The molecule has 8 heteroatoms. The highest BCUT2D eigenvalue weighted by atomic mass is 32.1. The number of hydrogen-bond acceptors (Lipinski definition) is 6. The quantitative estimate of drug-likeness (QED) is 0.638. The smallest absolute Gasteiger partial charge is 0.242 e. The number of hydrogen-bond donors (Lipinski definition) is 2. The summed E-state index contributed by atoms with van der Waals surface area (Å²) in [6.45, 7) is 3.95. The lowest BCUT2D eigenvalue weighted by Crippen LogP contribution is -2.37. The molecule has 1 aromatic carbocycles. The minimum absolute atomic E-state index is 0.0956. The monoisotopic (exact) mass is 399 g/mol. The Labute approximate surface area is 168 Å². The summed E-state index contributed by atoms with van der Waals surface area (Å²) in [5.74, 6) is 0.716. The van der Waals surface area contributed by atoms with Crippen LogP contribution in [0.2, 0.25) is 0 Å². The Morgan fingerprint density at radius 3 is 2.57 bits per heavy atom. The molecule has 0 saturated heterocycles. The molecule has 0 aliphatic heterocycles. The van der Waals surface area contributed by atoms with Gasteiger partial charge in [-0.25, -0.2) is 4.98 Å². The first-order valence-electron chi connectivity index (χ1n) is 9.01. The van der Waals surface area contributed by atoms with Crippen molar-refractivity contribution in [3.63, 3.8) is 0 Å². The van der Waals surface area contributed by atoms with Gasteiger partial charge in [0.15, 0.2) is 0 Å². The minimum atomic E-state index is -0.453. The maximum Gasteiger partial charge on any atom is 0.242 e. The van der Waals surface area contributed by atoms with Gasteiger partial charge in [-0.1, -0.05) is 0 Å². The van der Waals surface area contributed by atoms with Crippen molar-refractivity contribution in [2.75, 3.05) is 14.2 Å². The third kappa shape index (κ3) is 4.23. The number of rotatable bonds is 7. The molecule has 2 unspecified atom stereocenters. The number of benzene rings is 1. The number of methoxy groups -OCH3 is 1. The van der Waals surface area contributed by atoms with E-state index in [1.54, 1.807) is 36.4 Å². The second kappa shape index (κ2) is 8.53. The maximum atomic E-state index is 12.8. The first-order valence-corrected chi connectivity index (χ1v) is 9.82. The number of thiazole rings is 1. The molecule has 2 heterocycles. The Morgan fingerprint density at radius 2 is 2.00 bits per heavy atom. The van der Waals surface area contributed by atoms with Crippen LogP contribution >= 0.6 is 11.3 Å². The largest absolute Gasteiger partial charge is 0.497 e. The van der Waals surface area contributed by atoms with Gasteiger partial charge in [0.2, 0.25) is 5.91 Å². The first-order chi connectivity index (χ1) is 13.4. The number of carbonyl (C=O) groups excluding carboxylic acids is 1. The van der Waals surface area contributed by atoms with Crippen LogP contribution < -0.4 is 15.4 Å². The predicted molar refractivity (Wildman–Crippen MR) is 110 cm³/mol. The fourth-order valence-electron chi connectivity index (χ4n) is 3.07. The molecule has 0 fully saturated rings. The SMILES string of the molecule is CNC(C(=O)NC(C)c1sc(-c2ccc(OC)cc2)nc1C)c1cnn(C)c1. The van der Waals surface area contributed by atoms with E-state index in [0.717, 1.165) is 32.5 Å². The van der Waals surface area contributed by atoms with E-state index >= 15 is 0 Å². The number of aromatic nitrogens is 3. The molecule has 2 atom stereocenters. The van der Waals surface area contributed by atoms with Crippen LogP contribution in [0.3, 0.4) is 0 Å². The maximum absolute atomic E-state index is 12.8. The van der Waals surface area contributed by atoms with E-state index in [0.29, 0.717) is 0 Å². The van der Waals surface area contributed by atoms with Crippen LogP contribution in [-0.4, -0.2) is 34.8 Å². The third-order valence-electron chi connectivity index (χ3n) is 4.53. The molecular weight excluding hydrogens is 374 g/mol. The molecule has 2 N–H and O–H groups in total. The van der Waals surface area contributed by atoms with E-state index in [4.69, 9.17) is 4.74 Å². The van der Waals surface area contributed by atoms with Gasteiger partial charge in [0.25, 0.3) is 0 Å². The molecule has 28 heavy (non-hydrogen) atoms. The second-order valence-electron chi connectivity index (χ2n) is 6.60. The van der Waals surface area contributed by atoms with E-state index in [1.165, 1.54) is 0 Å². The van der Waals surface area contributed by atoms with Crippen molar-refractivity contribution < 1.29 is 9.53 Å². The highest BCUT2D eigenvalue weighted by Crippen LogP contribution is 2.32. The highest BCUT2D eigenvalue weighted by Gasteiger charge is 2.24. The molecule has 3 aromatic rings.